The van der Waals surface area contributed by atoms with Crippen LogP contribution in [-0.4, -0.2) is 15.0 Å². The topological polar surface area (TPSA) is 63.4 Å². The highest BCUT2D eigenvalue weighted by Crippen LogP contribution is 2.26. The molecule has 4 nitrogen and oxygen atoms in total. The predicted molar refractivity (Wildman–Crippen MR) is 85.7 cm³/mol. The molecule has 0 aromatic heterocycles. The van der Waals surface area contributed by atoms with Crippen molar-refractivity contribution in [1.82, 2.24) is 0 Å². The van der Waals surface area contributed by atoms with Crippen molar-refractivity contribution in [3.8, 4) is 0 Å². The van der Waals surface area contributed by atoms with E-state index in [1.807, 2.05) is 38.1 Å². The molecule has 0 heterocycles. The number of hydrogen-bond donors (Lipinski definition) is 1. The third-order valence-electron chi connectivity index (χ3n) is 3.42. The fourth-order valence-electron chi connectivity index (χ4n) is 2.24. The Hall–Kier alpha value is -1.85. The molecule has 2 aromatic rings. The van der Waals surface area contributed by atoms with Gasteiger partial charge in [-0.05, 0) is 43.2 Å². The van der Waals surface area contributed by atoms with Gasteiger partial charge >= 0.3 is 0 Å². The molecule has 2 aromatic carbocycles. The molecule has 0 fully saturated rings. The number of anilines is 1. The number of benzene rings is 2. The summed E-state index contributed by atoms with van der Waals surface area (Å²) >= 11 is 0. The predicted octanol–water partition coefficient (Wildman–Crippen LogP) is 2.67. The Kier molecular flexibility index (Phi) is 4.65. The third kappa shape index (κ3) is 3.09. The highest BCUT2D eigenvalue weighted by atomic mass is 32.2. The van der Waals surface area contributed by atoms with Crippen LogP contribution in [0.3, 0.4) is 0 Å². The standard InChI is InChI=1S/C16H20N2O2S/c1-3-18(16-7-5-4-6-13(16)2)21(19,20)15-10-8-14(12-17)9-11-15/h4-11H,3,12,17H2,1-2H3. The fraction of sp³-hybridized carbons (Fsp3) is 0.250. The average molecular weight is 304 g/mol. The zero-order chi connectivity index (χ0) is 15.5. The van der Waals surface area contributed by atoms with Gasteiger partial charge in [0.05, 0.1) is 10.6 Å². The van der Waals surface area contributed by atoms with E-state index in [9.17, 15) is 8.42 Å². The summed E-state index contributed by atoms with van der Waals surface area (Å²) in [6.45, 7) is 4.52. The van der Waals surface area contributed by atoms with E-state index in [4.69, 9.17) is 5.73 Å². The quantitative estimate of drug-likeness (QED) is 0.923. The lowest BCUT2D eigenvalue weighted by Crippen LogP contribution is -2.31. The first-order valence-electron chi connectivity index (χ1n) is 6.88. The van der Waals surface area contributed by atoms with Crippen molar-refractivity contribution < 1.29 is 8.42 Å². The van der Waals surface area contributed by atoms with E-state index in [-0.39, 0.29) is 4.90 Å². The van der Waals surface area contributed by atoms with Crippen LogP contribution in [0.2, 0.25) is 0 Å². The number of hydrogen-bond acceptors (Lipinski definition) is 3. The highest BCUT2D eigenvalue weighted by Gasteiger charge is 2.24. The fourth-order valence-corrected chi connectivity index (χ4v) is 3.78. The van der Waals surface area contributed by atoms with Crippen molar-refractivity contribution in [3.63, 3.8) is 0 Å². The maximum Gasteiger partial charge on any atom is 0.264 e. The van der Waals surface area contributed by atoms with Gasteiger partial charge in [0.2, 0.25) is 0 Å². The number of nitrogens with two attached hydrogens (primary N) is 1. The van der Waals surface area contributed by atoms with Gasteiger partial charge in [-0.2, -0.15) is 0 Å². The Bertz CT molecular complexity index is 709. The Morgan fingerprint density at radius 3 is 2.19 bits per heavy atom. The van der Waals surface area contributed by atoms with E-state index < -0.39 is 10.0 Å². The summed E-state index contributed by atoms with van der Waals surface area (Å²) in [5, 5.41) is 0. The van der Waals surface area contributed by atoms with Crippen LogP contribution in [0.15, 0.2) is 53.4 Å². The summed E-state index contributed by atoms with van der Waals surface area (Å²) in [5.74, 6) is 0. The van der Waals surface area contributed by atoms with Gasteiger partial charge < -0.3 is 5.73 Å². The van der Waals surface area contributed by atoms with Gasteiger partial charge in [-0.25, -0.2) is 8.42 Å². The Balaban J connectivity index is 2.47. The lowest BCUT2D eigenvalue weighted by atomic mass is 10.2. The largest absolute Gasteiger partial charge is 0.326 e. The molecule has 0 unspecified atom stereocenters. The molecule has 0 saturated heterocycles. The number of para-hydroxylation sites is 1. The minimum absolute atomic E-state index is 0.282. The molecule has 21 heavy (non-hydrogen) atoms. The van der Waals surface area contributed by atoms with Gasteiger partial charge in [-0.3, -0.25) is 4.31 Å². The minimum Gasteiger partial charge on any atom is -0.326 e. The van der Waals surface area contributed by atoms with Gasteiger partial charge in [0.15, 0.2) is 0 Å². The Morgan fingerprint density at radius 1 is 1.05 bits per heavy atom. The normalized spacial score (nSPS) is 11.4. The maximum absolute atomic E-state index is 12.8. The summed E-state index contributed by atoms with van der Waals surface area (Å²) in [6.07, 6.45) is 0. The molecular weight excluding hydrogens is 284 g/mol. The van der Waals surface area contributed by atoms with Crippen LogP contribution < -0.4 is 10.0 Å². The molecule has 2 rings (SSSR count). The van der Waals surface area contributed by atoms with E-state index in [1.54, 1.807) is 24.3 Å². The lowest BCUT2D eigenvalue weighted by Gasteiger charge is -2.24. The molecule has 112 valence electrons. The van der Waals surface area contributed by atoms with Gasteiger partial charge in [0, 0.05) is 13.1 Å². The monoisotopic (exact) mass is 304 g/mol. The van der Waals surface area contributed by atoms with Gasteiger partial charge in [-0.15, -0.1) is 0 Å². The van der Waals surface area contributed by atoms with Crippen LogP contribution >= 0.6 is 0 Å². The third-order valence-corrected chi connectivity index (χ3v) is 5.32. The summed E-state index contributed by atoms with van der Waals surface area (Å²) in [4.78, 5) is 0.282. The molecule has 0 aliphatic rings. The van der Waals surface area contributed by atoms with Crippen molar-refractivity contribution in [2.75, 3.05) is 10.8 Å². The zero-order valence-corrected chi connectivity index (χ0v) is 13.1. The van der Waals surface area contributed by atoms with Gasteiger partial charge in [0.25, 0.3) is 10.0 Å². The second kappa shape index (κ2) is 6.28. The van der Waals surface area contributed by atoms with Crippen molar-refractivity contribution in [3.05, 3.63) is 59.7 Å². The van der Waals surface area contributed by atoms with Crippen molar-refractivity contribution in [1.29, 1.82) is 0 Å². The van der Waals surface area contributed by atoms with E-state index >= 15 is 0 Å². The SMILES string of the molecule is CCN(c1ccccc1C)S(=O)(=O)c1ccc(CN)cc1. The van der Waals surface area contributed by atoms with Crippen LogP contribution in [0.4, 0.5) is 5.69 Å². The number of aryl methyl sites for hydroxylation is 1. The molecule has 2 N–H and O–H groups in total. The van der Waals surface area contributed by atoms with Crippen LogP contribution in [0.25, 0.3) is 0 Å². The molecule has 0 aliphatic heterocycles. The van der Waals surface area contributed by atoms with Crippen molar-refractivity contribution in [2.24, 2.45) is 5.73 Å². The van der Waals surface area contributed by atoms with Gasteiger partial charge in [-0.1, -0.05) is 30.3 Å². The number of rotatable bonds is 5. The first-order chi connectivity index (χ1) is 10.0. The number of sulfonamides is 1. The van der Waals surface area contributed by atoms with E-state index in [1.165, 1.54) is 4.31 Å². The molecule has 0 saturated carbocycles. The Morgan fingerprint density at radius 2 is 1.67 bits per heavy atom. The summed E-state index contributed by atoms with van der Waals surface area (Å²) in [7, 11) is -3.56. The average Bonchev–Trinajstić information content (AvgIpc) is 2.50. The molecule has 5 heteroatoms. The zero-order valence-electron chi connectivity index (χ0n) is 12.3. The van der Waals surface area contributed by atoms with Gasteiger partial charge in [0.1, 0.15) is 0 Å². The summed E-state index contributed by atoms with van der Waals surface area (Å²) in [5.41, 5.74) is 8.10. The second-order valence-electron chi connectivity index (χ2n) is 4.80. The molecular formula is C16H20N2O2S. The molecule has 0 amide bonds. The Labute approximate surface area is 126 Å². The van der Waals surface area contributed by atoms with Crippen LogP contribution in [0, 0.1) is 6.92 Å². The highest BCUT2D eigenvalue weighted by molar-refractivity contribution is 7.92. The minimum atomic E-state index is -3.56. The second-order valence-corrected chi connectivity index (χ2v) is 6.67. The van der Waals surface area contributed by atoms with E-state index in [0.29, 0.717) is 18.8 Å². The molecule has 0 spiro atoms. The molecule has 0 atom stereocenters. The van der Waals surface area contributed by atoms with Crippen LogP contribution in [0.5, 0.6) is 0 Å². The first kappa shape index (κ1) is 15.5. The van der Waals surface area contributed by atoms with Crippen molar-refractivity contribution >= 4 is 15.7 Å². The number of nitrogens with zero attached hydrogens (tertiary/aromatic N) is 1. The lowest BCUT2D eigenvalue weighted by molar-refractivity contribution is 0.591. The molecule has 0 bridgehead atoms. The maximum atomic E-state index is 12.8. The molecule has 0 radical (unpaired) electrons. The van der Waals surface area contributed by atoms with Crippen molar-refractivity contribution in [2.45, 2.75) is 25.3 Å². The van der Waals surface area contributed by atoms with E-state index in [0.717, 1.165) is 11.1 Å². The van der Waals surface area contributed by atoms with Crippen LogP contribution in [0.1, 0.15) is 18.1 Å². The molecule has 0 aliphatic carbocycles. The summed E-state index contributed by atoms with van der Waals surface area (Å²) in [6, 6.07) is 14.2. The summed E-state index contributed by atoms with van der Waals surface area (Å²) < 4.78 is 27.1. The smallest absolute Gasteiger partial charge is 0.264 e. The van der Waals surface area contributed by atoms with Crippen LogP contribution in [-0.2, 0) is 16.6 Å². The first-order valence-corrected chi connectivity index (χ1v) is 8.32. The van der Waals surface area contributed by atoms with E-state index in [2.05, 4.69) is 0 Å².